The Balaban J connectivity index is 2.30. The molecular weight excluding hydrogens is 330 g/mol. The Morgan fingerprint density at radius 1 is 1.10 bits per heavy atom. The first-order chi connectivity index (χ1) is 10.1. The Hall–Kier alpha value is -2.14. The molecule has 0 fully saturated rings. The second-order valence-electron chi connectivity index (χ2n) is 4.92. The molecule has 2 N–H and O–H groups in total. The molecule has 2 aromatic carbocycles. The van der Waals surface area contributed by atoms with Crippen LogP contribution in [0.5, 0.6) is 0 Å². The van der Waals surface area contributed by atoms with Gasteiger partial charge in [0.15, 0.2) is 11.5 Å². The Labute approximate surface area is 131 Å². The van der Waals surface area contributed by atoms with E-state index in [-0.39, 0.29) is 11.9 Å². The fourth-order valence-corrected chi connectivity index (χ4v) is 2.98. The third-order valence-electron chi connectivity index (χ3n) is 3.67. The molecule has 106 valence electrons. The number of nitrogens with two attached hydrogens (primary N) is 1. The van der Waals surface area contributed by atoms with Crippen LogP contribution in [0, 0.1) is 0 Å². The van der Waals surface area contributed by atoms with Crippen molar-refractivity contribution in [1.29, 1.82) is 0 Å². The second kappa shape index (κ2) is 5.00. The number of aliphatic imine (C=N–C) groups is 1. The lowest BCUT2D eigenvalue weighted by Gasteiger charge is -2.26. The van der Waals surface area contributed by atoms with Gasteiger partial charge in [-0.05, 0) is 23.3 Å². The molecule has 0 saturated carbocycles. The number of carbonyl (C=O) groups is 1. The fraction of sp³-hybridized carbons (Fsp3) is 0.125. The summed E-state index contributed by atoms with van der Waals surface area (Å²) in [6.45, 7) is 0. The molecule has 0 spiro atoms. The lowest BCUT2D eigenvalue weighted by molar-refractivity contribution is -0.129. The highest BCUT2D eigenvalue weighted by atomic mass is 79.9. The molecule has 0 aliphatic carbocycles. The van der Waals surface area contributed by atoms with Crippen molar-refractivity contribution in [2.45, 2.75) is 5.54 Å². The fourth-order valence-electron chi connectivity index (χ4n) is 2.58. The zero-order chi connectivity index (χ0) is 15.0. The van der Waals surface area contributed by atoms with Crippen molar-refractivity contribution < 1.29 is 4.79 Å². The quantitative estimate of drug-likeness (QED) is 0.910. The lowest BCUT2D eigenvalue weighted by Crippen LogP contribution is -2.41. The molecule has 5 heteroatoms. The summed E-state index contributed by atoms with van der Waals surface area (Å²) in [5, 5.41) is 0. The summed E-state index contributed by atoms with van der Waals surface area (Å²) < 4.78 is 0.895. The maximum absolute atomic E-state index is 12.9. The average molecular weight is 344 g/mol. The second-order valence-corrected chi connectivity index (χ2v) is 5.84. The molecule has 21 heavy (non-hydrogen) atoms. The predicted octanol–water partition coefficient (Wildman–Crippen LogP) is 2.48. The molecule has 3 rings (SSSR count). The van der Waals surface area contributed by atoms with E-state index in [2.05, 4.69) is 20.9 Å². The van der Waals surface area contributed by atoms with Gasteiger partial charge in [-0.15, -0.1) is 0 Å². The number of guanidine groups is 1. The van der Waals surface area contributed by atoms with Crippen LogP contribution in [0.1, 0.15) is 11.1 Å². The van der Waals surface area contributed by atoms with Gasteiger partial charge in [-0.25, -0.2) is 4.99 Å². The maximum atomic E-state index is 12.9. The van der Waals surface area contributed by atoms with E-state index in [0.29, 0.717) is 0 Å². The van der Waals surface area contributed by atoms with Crippen molar-refractivity contribution >= 4 is 27.8 Å². The van der Waals surface area contributed by atoms with E-state index in [9.17, 15) is 4.79 Å². The van der Waals surface area contributed by atoms with Crippen LogP contribution in [-0.2, 0) is 10.3 Å². The first-order valence-corrected chi connectivity index (χ1v) is 7.30. The SMILES string of the molecule is CN1C(=O)[C@](c2ccccc2)(c2cccc(Br)c2)N=C1N. The van der Waals surface area contributed by atoms with Gasteiger partial charge in [-0.1, -0.05) is 58.4 Å². The van der Waals surface area contributed by atoms with Crippen molar-refractivity contribution in [1.82, 2.24) is 4.90 Å². The Kier molecular flexibility index (Phi) is 3.29. The van der Waals surface area contributed by atoms with Gasteiger partial charge in [0.25, 0.3) is 5.91 Å². The van der Waals surface area contributed by atoms with Crippen LogP contribution < -0.4 is 5.73 Å². The molecular formula is C16H14BrN3O. The van der Waals surface area contributed by atoms with Gasteiger partial charge in [-0.3, -0.25) is 9.69 Å². The number of hydrogen-bond acceptors (Lipinski definition) is 3. The summed E-state index contributed by atoms with van der Waals surface area (Å²) in [7, 11) is 1.64. The molecule has 1 atom stereocenters. The van der Waals surface area contributed by atoms with Gasteiger partial charge < -0.3 is 5.73 Å². The number of halogens is 1. The smallest absolute Gasteiger partial charge is 0.266 e. The Morgan fingerprint density at radius 3 is 2.33 bits per heavy atom. The number of likely N-dealkylation sites (N-methyl/N-ethyl adjacent to an activating group) is 1. The third-order valence-corrected chi connectivity index (χ3v) is 4.17. The molecule has 0 bridgehead atoms. The summed E-state index contributed by atoms with van der Waals surface area (Å²) in [5.41, 5.74) is 6.39. The van der Waals surface area contributed by atoms with E-state index < -0.39 is 5.54 Å². The zero-order valence-electron chi connectivity index (χ0n) is 11.5. The predicted molar refractivity (Wildman–Crippen MR) is 85.8 cm³/mol. The number of hydrogen-bond donors (Lipinski definition) is 1. The third kappa shape index (κ3) is 2.05. The van der Waals surface area contributed by atoms with Crippen LogP contribution in [0.4, 0.5) is 0 Å². The number of amides is 1. The molecule has 0 radical (unpaired) electrons. The highest BCUT2D eigenvalue weighted by molar-refractivity contribution is 9.10. The normalized spacial score (nSPS) is 21.5. The molecule has 0 unspecified atom stereocenters. The molecule has 1 aliphatic rings. The molecule has 0 aromatic heterocycles. The number of rotatable bonds is 2. The molecule has 1 aliphatic heterocycles. The van der Waals surface area contributed by atoms with Gasteiger partial charge in [0.2, 0.25) is 0 Å². The van der Waals surface area contributed by atoms with E-state index in [4.69, 9.17) is 5.73 Å². The van der Waals surface area contributed by atoms with E-state index in [0.717, 1.165) is 15.6 Å². The van der Waals surface area contributed by atoms with Crippen molar-refractivity contribution in [3.05, 3.63) is 70.2 Å². The molecule has 4 nitrogen and oxygen atoms in total. The van der Waals surface area contributed by atoms with Gasteiger partial charge in [-0.2, -0.15) is 0 Å². The van der Waals surface area contributed by atoms with Gasteiger partial charge in [0.05, 0.1) is 0 Å². The van der Waals surface area contributed by atoms with E-state index in [1.54, 1.807) is 7.05 Å². The summed E-state index contributed by atoms with van der Waals surface area (Å²) in [6.07, 6.45) is 0. The minimum absolute atomic E-state index is 0.149. The van der Waals surface area contributed by atoms with Gasteiger partial charge in [0, 0.05) is 11.5 Å². The van der Waals surface area contributed by atoms with Gasteiger partial charge >= 0.3 is 0 Å². The molecule has 1 amide bonds. The van der Waals surface area contributed by atoms with E-state index in [1.165, 1.54) is 4.90 Å². The monoisotopic (exact) mass is 343 g/mol. The average Bonchev–Trinajstić information content (AvgIpc) is 2.73. The minimum Gasteiger partial charge on any atom is -0.369 e. The summed E-state index contributed by atoms with van der Waals surface area (Å²) >= 11 is 3.45. The first-order valence-electron chi connectivity index (χ1n) is 6.51. The Morgan fingerprint density at radius 2 is 1.76 bits per heavy atom. The maximum Gasteiger partial charge on any atom is 0.266 e. The van der Waals surface area contributed by atoms with Crippen LogP contribution in [0.2, 0.25) is 0 Å². The zero-order valence-corrected chi connectivity index (χ0v) is 13.0. The van der Waals surface area contributed by atoms with Crippen molar-refractivity contribution in [2.75, 3.05) is 7.05 Å². The molecule has 1 heterocycles. The van der Waals surface area contributed by atoms with Crippen LogP contribution in [-0.4, -0.2) is 23.8 Å². The van der Waals surface area contributed by atoms with E-state index >= 15 is 0 Å². The minimum atomic E-state index is -1.11. The van der Waals surface area contributed by atoms with Crippen LogP contribution in [0.3, 0.4) is 0 Å². The molecule has 2 aromatic rings. The summed E-state index contributed by atoms with van der Waals surface area (Å²) in [4.78, 5) is 18.8. The lowest BCUT2D eigenvalue weighted by atomic mass is 9.83. The van der Waals surface area contributed by atoms with Crippen molar-refractivity contribution in [3.63, 3.8) is 0 Å². The molecule has 0 saturated heterocycles. The van der Waals surface area contributed by atoms with Crippen molar-refractivity contribution in [2.24, 2.45) is 10.7 Å². The highest BCUT2D eigenvalue weighted by Crippen LogP contribution is 2.39. The van der Waals surface area contributed by atoms with Crippen LogP contribution in [0.15, 0.2) is 64.1 Å². The topological polar surface area (TPSA) is 58.7 Å². The van der Waals surface area contributed by atoms with Crippen LogP contribution in [0.25, 0.3) is 0 Å². The number of carbonyl (C=O) groups excluding carboxylic acids is 1. The summed E-state index contributed by atoms with van der Waals surface area (Å²) in [5.74, 6) is 0.0770. The summed E-state index contributed by atoms with van der Waals surface area (Å²) in [6, 6.07) is 17.1. The number of benzene rings is 2. The van der Waals surface area contributed by atoms with Gasteiger partial charge in [0.1, 0.15) is 0 Å². The van der Waals surface area contributed by atoms with Crippen LogP contribution >= 0.6 is 15.9 Å². The standard InChI is InChI=1S/C16H14BrN3O/c1-20-14(21)16(19-15(20)18,11-6-3-2-4-7-11)12-8-5-9-13(17)10-12/h2-10H,1H3,(H2,18,19)/t16-/m0/s1. The first kappa shape index (κ1) is 13.8. The van der Waals surface area contributed by atoms with Crippen molar-refractivity contribution in [3.8, 4) is 0 Å². The number of nitrogens with zero attached hydrogens (tertiary/aromatic N) is 2. The highest BCUT2D eigenvalue weighted by Gasteiger charge is 2.49. The Bertz CT molecular complexity index is 729. The van der Waals surface area contributed by atoms with E-state index in [1.807, 2.05) is 54.6 Å². The largest absolute Gasteiger partial charge is 0.369 e.